The minimum atomic E-state index is -0.0727. The van der Waals surface area contributed by atoms with E-state index >= 15 is 0 Å². The third-order valence-corrected chi connectivity index (χ3v) is 3.59. The van der Waals surface area contributed by atoms with Crippen LogP contribution in [-0.2, 0) is 6.42 Å². The first-order valence-corrected chi connectivity index (χ1v) is 6.89. The molecule has 0 amide bonds. The number of benzene rings is 2. The number of nitrogens with two attached hydrogens (primary N) is 1. The highest BCUT2D eigenvalue weighted by Crippen LogP contribution is 2.30. The van der Waals surface area contributed by atoms with Crippen LogP contribution in [0.25, 0.3) is 0 Å². The van der Waals surface area contributed by atoms with E-state index in [0.717, 1.165) is 23.3 Å². The van der Waals surface area contributed by atoms with Crippen molar-refractivity contribution in [2.75, 3.05) is 7.11 Å². The number of rotatable bonds is 5. The van der Waals surface area contributed by atoms with Gasteiger partial charge in [0.15, 0.2) is 0 Å². The molecule has 106 valence electrons. The van der Waals surface area contributed by atoms with Crippen LogP contribution in [0.3, 0.4) is 0 Å². The van der Waals surface area contributed by atoms with Crippen LogP contribution in [-0.4, -0.2) is 7.11 Å². The van der Waals surface area contributed by atoms with Crippen molar-refractivity contribution in [2.24, 2.45) is 5.84 Å². The van der Waals surface area contributed by atoms with Gasteiger partial charge in [0.25, 0.3) is 0 Å². The van der Waals surface area contributed by atoms with Gasteiger partial charge in [-0.15, -0.1) is 0 Å². The van der Waals surface area contributed by atoms with E-state index in [-0.39, 0.29) is 6.04 Å². The van der Waals surface area contributed by atoms with Crippen molar-refractivity contribution < 1.29 is 4.74 Å². The van der Waals surface area contributed by atoms with Crippen molar-refractivity contribution in [2.45, 2.75) is 26.3 Å². The van der Waals surface area contributed by atoms with E-state index in [1.165, 1.54) is 11.1 Å². The Balaban J connectivity index is 2.40. The maximum atomic E-state index is 5.76. The highest BCUT2D eigenvalue weighted by atomic mass is 16.5. The summed E-state index contributed by atoms with van der Waals surface area (Å²) in [5.74, 6) is 6.62. The molecule has 0 saturated carbocycles. The molecule has 1 unspecified atom stereocenters. The van der Waals surface area contributed by atoms with Gasteiger partial charge >= 0.3 is 0 Å². The lowest BCUT2D eigenvalue weighted by Gasteiger charge is -2.20. The third-order valence-electron chi connectivity index (χ3n) is 3.59. The van der Waals surface area contributed by atoms with Crippen molar-refractivity contribution in [1.29, 1.82) is 0 Å². The standard InChI is InChI=1S/C17H22N2O/c1-4-13-6-8-14(9-7-13)17(19-18)15-10-5-12(2)11-16(15)20-3/h5-11,17,19H,4,18H2,1-3H3. The van der Waals surface area contributed by atoms with Crippen molar-refractivity contribution in [3.05, 3.63) is 64.7 Å². The average Bonchev–Trinajstić information content (AvgIpc) is 2.50. The molecule has 2 aromatic carbocycles. The van der Waals surface area contributed by atoms with Gasteiger partial charge < -0.3 is 4.74 Å². The minimum Gasteiger partial charge on any atom is -0.496 e. The summed E-state index contributed by atoms with van der Waals surface area (Å²) in [6.07, 6.45) is 1.04. The molecular formula is C17H22N2O. The summed E-state index contributed by atoms with van der Waals surface area (Å²) in [6.45, 7) is 4.20. The Morgan fingerprint density at radius 3 is 2.40 bits per heavy atom. The Morgan fingerprint density at radius 1 is 1.15 bits per heavy atom. The Morgan fingerprint density at radius 2 is 1.85 bits per heavy atom. The fraction of sp³-hybridized carbons (Fsp3) is 0.294. The van der Waals surface area contributed by atoms with Crippen molar-refractivity contribution in [3.63, 3.8) is 0 Å². The zero-order valence-corrected chi connectivity index (χ0v) is 12.3. The predicted octanol–water partition coefficient (Wildman–Crippen LogP) is 3.12. The first-order valence-electron chi connectivity index (χ1n) is 6.89. The van der Waals surface area contributed by atoms with Crippen LogP contribution in [0.15, 0.2) is 42.5 Å². The van der Waals surface area contributed by atoms with E-state index in [0.29, 0.717) is 0 Å². The van der Waals surface area contributed by atoms with Gasteiger partial charge in [0.05, 0.1) is 13.2 Å². The smallest absolute Gasteiger partial charge is 0.124 e. The lowest BCUT2D eigenvalue weighted by molar-refractivity contribution is 0.404. The topological polar surface area (TPSA) is 47.3 Å². The molecule has 3 heteroatoms. The molecule has 3 N–H and O–H groups in total. The summed E-state index contributed by atoms with van der Waals surface area (Å²) < 4.78 is 5.48. The zero-order chi connectivity index (χ0) is 14.5. The number of hydrogen-bond acceptors (Lipinski definition) is 3. The molecular weight excluding hydrogens is 248 g/mol. The molecule has 0 aromatic heterocycles. The molecule has 0 spiro atoms. The molecule has 0 saturated heterocycles. The van der Waals surface area contributed by atoms with Gasteiger partial charge in [-0.05, 0) is 36.1 Å². The van der Waals surface area contributed by atoms with E-state index in [4.69, 9.17) is 10.6 Å². The van der Waals surface area contributed by atoms with Crippen LogP contribution in [0.5, 0.6) is 5.75 Å². The lowest BCUT2D eigenvalue weighted by atomic mass is 9.96. The number of aryl methyl sites for hydroxylation is 2. The molecule has 0 radical (unpaired) electrons. The summed E-state index contributed by atoms with van der Waals surface area (Å²) in [6, 6.07) is 14.6. The highest BCUT2D eigenvalue weighted by molar-refractivity contribution is 5.44. The van der Waals surface area contributed by atoms with Gasteiger partial charge in [0, 0.05) is 5.56 Å². The molecule has 0 heterocycles. The Bertz CT molecular complexity index is 564. The molecule has 0 aliphatic rings. The quantitative estimate of drug-likeness (QED) is 0.648. The monoisotopic (exact) mass is 270 g/mol. The van der Waals surface area contributed by atoms with E-state index in [9.17, 15) is 0 Å². The van der Waals surface area contributed by atoms with Gasteiger partial charge in [0.2, 0.25) is 0 Å². The second-order valence-electron chi connectivity index (χ2n) is 4.94. The molecule has 0 aliphatic heterocycles. The minimum absolute atomic E-state index is 0.0727. The number of ether oxygens (including phenoxy) is 1. The summed E-state index contributed by atoms with van der Waals surface area (Å²) in [5, 5.41) is 0. The summed E-state index contributed by atoms with van der Waals surface area (Å²) >= 11 is 0. The van der Waals surface area contributed by atoms with E-state index in [1.807, 2.05) is 13.0 Å². The third kappa shape index (κ3) is 3.00. The highest BCUT2D eigenvalue weighted by Gasteiger charge is 2.16. The molecule has 2 aromatic rings. The second-order valence-corrected chi connectivity index (χ2v) is 4.94. The van der Waals surface area contributed by atoms with Crippen molar-refractivity contribution in [1.82, 2.24) is 5.43 Å². The van der Waals surface area contributed by atoms with Crippen LogP contribution in [0, 0.1) is 6.92 Å². The maximum absolute atomic E-state index is 5.76. The van der Waals surface area contributed by atoms with Crippen LogP contribution >= 0.6 is 0 Å². The largest absolute Gasteiger partial charge is 0.496 e. The Hall–Kier alpha value is -1.84. The van der Waals surface area contributed by atoms with Gasteiger partial charge in [-0.1, -0.05) is 43.3 Å². The fourth-order valence-electron chi connectivity index (χ4n) is 2.37. The van der Waals surface area contributed by atoms with Crippen LogP contribution in [0.1, 0.15) is 35.2 Å². The second kappa shape index (κ2) is 6.55. The predicted molar refractivity (Wildman–Crippen MR) is 82.7 cm³/mol. The Kier molecular flexibility index (Phi) is 4.77. The summed E-state index contributed by atoms with van der Waals surface area (Å²) in [7, 11) is 1.69. The average molecular weight is 270 g/mol. The molecule has 1 atom stereocenters. The molecule has 20 heavy (non-hydrogen) atoms. The number of hydrazine groups is 1. The zero-order valence-electron chi connectivity index (χ0n) is 12.3. The maximum Gasteiger partial charge on any atom is 0.124 e. The SMILES string of the molecule is CCc1ccc(C(NN)c2ccc(C)cc2OC)cc1. The van der Waals surface area contributed by atoms with Gasteiger partial charge in [0.1, 0.15) is 5.75 Å². The molecule has 0 bridgehead atoms. The summed E-state index contributed by atoms with van der Waals surface area (Å²) in [5.41, 5.74) is 7.55. The fourth-order valence-corrected chi connectivity index (χ4v) is 2.37. The number of hydrogen-bond donors (Lipinski definition) is 2. The van der Waals surface area contributed by atoms with E-state index in [2.05, 4.69) is 48.7 Å². The first kappa shape index (κ1) is 14.6. The van der Waals surface area contributed by atoms with Crippen molar-refractivity contribution in [3.8, 4) is 5.75 Å². The van der Waals surface area contributed by atoms with Crippen LogP contribution in [0.2, 0.25) is 0 Å². The van der Waals surface area contributed by atoms with E-state index < -0.39 is 0 Å². The van der Waals surface area contributed by atoms with Crippen LogP contribution in [0.4, 0.5) is 0 Å². The number of methoxy groups -OCH3 is 1. The molecule has 0 aliphatic carbocycles. The number of nitrogens with one attached hydrogen (secondary N) is 1. The normalized spacial score (nSPS) is 12.2. The molecule has 2 rings (SSSR count). The lowest BCUT2D eigenvalue weighted by Crippen LogP contribution is -2.29. The summed E-state index contributed by atoms with van der Waals surface area (Å²) in [4.78, 5) is 0. The molecule has 0 fully saturated rings. The first-order chi connectivity index (χ1) is 9.69. The van der Waals surface area contributed by atoms with E-state index in [1.54, 1.807) is 7.11 Å². The van der Waals surface area contributed by atoms with Gasteiger partial charge in [-0.3, -0.25) is 5.84 Å². The molecule has 3 nitrogen and oxygen atoms in total. The van der Waals surface area contributed by atoms with Crippen molar-refractivity contribution >= 4 is 0 Å². The van der Waals surface area contributed by atoms with Crippen LogP contribution < -0.4 is 16.0 Å². The van der Waals surface area contributed by atoms with Gasteiger partial charge in [-0.2, -0.15) is 0 Å². The van der Waals surface area contributed by atoms with Gasteiger partial charge in [-0.25, -0.2) is 5.43 Å². The Labute approximate surface area is 120 Å².